The van der Waals surface area contributed by atoms with Gasteiger partial charge in [0.1, 0.15) is 0 Å². The molecule has 2 aliphatic rings. The Balaban J connectivity index is 1.70. The third-order valence-corrected chi connectivity index (χ3v) is 5.44. The van der Waals surface area contributed by atoms with Gasteiger partial charge < -0.3 is 4.90 Å². The molecule has 0 unspecified atom stereocenters. The van der Waals surface area contributed by atoms with Crippen LogP contribution in [0, 0.1) is 11.8 Å². The van der Waals surface area contributed by atoms with Crippen molar-refractivity contribution in [2.75, 3.05) is 13.1 Å². The predicted octanol–water partition coefficient (Wildman–Crippen LogP) is 5.04. The van der Waals surface area contributed by atoms with Gasteiger partial charge in [0, 0.05) is 25.2 Å². The molecule has 1 heterocycles. The smallest absolute Gasteiger partial charge is 0.0177 e. The van der Waals surface area contributed by atoms with Gasteiger partial charge in [-0.3, -0.25) is 0 Å². The second-order valence-electron chi connectivity index (χ2n) is 7.13. The van der Waals surface area contributed by atoms with Crippen LogP contribution < -0.4 is 0 Å². The van der Waals surface area contributed by atoms with Gasteiger partial charge in [-0.05, 0) is 49.5 Å². The van der Waals surface area contributed by atoms with Crippen LogP contribution in [-0.2, 0) is 6.42 Å². The summed E-state index contributed by atoms with van der Waals surface area (Å²) in [5, 5.41) is 0. The number of allylic oxidation sites excluding steroid dienone is 2. The Morgan fingerprint density at radius 2 is 1.76 bits per heavy atom. The van der Waals surface area contributed by atoms with Crippen LogP contribution in [0.4, 0.5) is 0 Å². The van der Waals surface area contributed by atoms with E-state index in [1.54, 1.807) is 11.3 Å². The van der Waals surface area contributed by atoms with Crippen LogP contribution in [0.2, 0.25) is 0 Å². The zero-order valence-electron chi connectivity index (χ0n) is 13.6. The Morgan fingerprint density at radius 3 is 2.29 bits per heavy atom. The van der Waals surface area contributed by atoms with E-state index >= 15 is 0 Å². The molecule has 1 aromatic carbocycles. The summed E-state index contributed by atoms with van der Waals surface area (Å²) in [5.74, 6) is 1.78. The lowest BCUT2D eigenvalue weighted by molar-refractivity contribution is 0.185. The van der Waals surface area contributed by atoms with Crippen molar-refractivity contribution in [1.29, 1.82) is 0 Å². The lowest BCUT2D eigenvalue weighted by Crippen LogP contribution is -2.36. The summed E-state index contributed by atoms with van der Waals surface area (Å²) < 4.78 is 0. The Labute approximate surface area is 130 Å². The molecule has 1 aliphatic carbocycles. The van der Waals surface area contributed by atoms with E-state index < -0.39 is 0 Å². The maximum atomic E-state index is 2.71. The Hall–Kier alpha value is -1.24. The molecule has 1 heteroatoms. The lowest BCUT2D eigenvalue weighted by Gasteiger charge is -2.39. The zero-order chi connectivity index (χ0) is 14.7. The molecule has 0 bridgehead atoms. The average molecular weight is 283 g/mol. The van der Waals surface area contributed by atoms with Gasteiger partial charge in [-0.15, -0.1) is 0 Å². The molecule has 0 atom stereocenters. The molecule has 0 N–H and O–H groups in total. The summed E-state index contributed by atoms with van der Waals surface area (Å²) in [6.07, 6.45) is 7.98. The predicted molar refractivity (Wildman–Crippen MR) is 90.2 cm³/mol. The van der Waals surface area contributed by atoms with E-state index in [0.717, 1.165) is 18.3 Å². The summed E-state index contributed by atoms with van der Waals surface area (Å²) in [6.45, 7) is 7.31. The van der Waals surface area contributed by atoms with Crippen LogP contribution in [0.3, 0.4) is 0 Å². The highest BCUT2D eigenvalue weighted by Gasteiger charge is 2.25. The van der Waals surface area contributed by atoms with Crippen molar-refractivity contribution in [1.82, 2.24) is 4.90 Å². The number of likely N-dealkylation sites (tertiary alicyclic amines) is 1. The van der Waals surface area contributed by atoms with Crippen molar-refractivity contribution >= 4 is 0 Å². The fourth-order valence-electron chi connectivity index (χ4n) is 3.73. The molecule has 21 heavy (non-hydrogen) atoms. The van der Waals surface area contributed by atoms with Gasteiger partial charge in [0.25, 0.3) is 0 Å². The first kappa shape index (κ1) is 14.7. The summed E-state index contributed by atoms with van der Waals surface area (Å²) in [6, 6.07) is 11.0. The number of nitrogens with zero attached hydrogens (tertiary/aromatic N) is 1. The average Bonchev–Trinajstić information content (AvgIpc) is 2.46. The number of rotatable bonds is 4. The number of hydrogen-bond donors (Lipinski definition) is 0. The van der Waals surface area contributed by atoms with Gasteiger partial charge in [-0.2, -0.15) is 0 Å². The zero-order valence-corrected chi connectivity index (χ0v) is 13.6. The van der Waals surface area contributed by atoms with Crippen LogP contribution in [0.5, 0.6) is 0 Å². The summed E-state index contributed by atoms with van der Waals surface area (Å²) in [5.41, 5.74) is 4.87. The molecule has 2 fully saturated rings. The number of benzene rings is 1. The Kier molecular flexibility index (Phi) is 4.67. The quantitative estimate of drug-likeness (QED) is 0.748. The SMILES string of the molecule is CC(C)C1CCN(C(Cc2ccccc2)=C2CCC2)CC1. The highest BCUT2D eigenvalue weighted by atomic mass is 15.1. The topological polar surface area (TPSA) is 3.24 Å². The molecule has 1 aromatic rings. The van der Waals surface area contributed by atoms with E-state index in [0.29, 0.717) is 0 Å². The van der Waals surface area contributed by atoms with Gasteiger partial charge in [-0.25, -0.2) is 0 Å². The minimum Gasteiger partial charge on any atom is -0.375 e. The Bertz CT molecular complexity index is 472. The minimum atomic E-state index is 0.848. The molecule has 0 radical (unpaired) electrons. The summed E-state index contributed by atoms with van der Waals surface area (Å²) in [7, 11) is 0. The minimum absolute atomic E-state index is 0.848. The summed E-state index contributed by atoms with van der Waals surface area (Å²) >= 11 is 0. The van der Waals surface area contributed by atoms with Gasteiger partial charge >= 0.3 is 0 Å². The molecule has 0 spiro atoms. The number of hydrogen-bond acceptors (Lipinski definition) is 1. The van der Waals surface area contributed by atoms with Crippen molar-refractivity contribution in [2.45, 2.75) is 52.4 Å². The monoisotopic (exact) mass is 283 g/mol. The highest BCUT2D eigenvalue weighted by Crippen LogP contribution is 2.34. The largest absolute Gasteiger partial charge is 0.375 e. The van der Waals surface area contributed by atoms with Gasteiger partial charge in [0.2, 0.25) is 0 Å². The third-order valence-electron chi connectivity index (χ3n) is 5.44. The second-order valence-corrected chi connectivity index (χ2v) is 7.13. The van der Waals surface area contributed by atoms with Crippen LogP contribution in [-0.4, -0.2) is 18.0 Å². The molecule has 0 aromatic heterocycles. The highest BCUT2D eigenvalue weighted by molar-refractivity contribution is 5.27. The van der Waals surface area contributed by atoms with Crippen LogP contribution in [0.25, 0.3) is 0 Å². The molecule has 3 rings (SSSR count). The summed E-state index contributed by atoms with van der Waals surface area (Å²) in [4.78, 5) is 2.71. The third kappa shape index (κ3) is 3.51. The van der Waals surface area contributed by atoms with E-state index in [4.69, 9.17) is 0 Å². The molecule has 1 nitrogen and oxygen atoms in total. The molecule has 114 valence electrons. The van der Waals surface area contributed by atoms with E-state index in [9.17, 15) is 0 Å². The van der Waals surface area contributed by atoms with E-state index in [1.807, 2.05) is 0 Å². The van der Waals surface area contributed by atoms with E-state index in [2.05, 4.69) is 49.1 Å². The fourth-order valence-corrected chi connectivity index (χ4v) is 3.73. The van der Waals surface area contributed by atoms with E-state index in [-0.39, 0.29) is 0 Å². The van der Waals surface area contributed by atoms with Crippen molar-refractivity contribution < 1.29 is 0 Å². The standard InChI is InChI=1S/C20H29N/c1-16(2)18-11-13-21(14-12-18)20(19-9-6-10-19)15-17-7-4-3-5-8-17/h3-5,7-8,16,18H,6,9-15H2,1-2H3. The first-order valence-corrected chi connectivity index (χ1v) is 8.74. The van der Waals surface area contributed by atoms with Gasteiger partial charge in [0.15, 0.2) is 0 Å². The first-order valence-electron chi connectivity index (χ1n) is 8.74. The lowest BCUT2D eigenvalue weighted by atomic mass is 9.84. The molecular formula is C20H29N. The van der Waals surface area contributed by atoms with Crippen LogP contribution >= 0.6 is 0 Å². The second kappa shape index (κ2) is 6.68. The molecule has 1 saturated carbocycles. The van der Waals surface area contributed by atoms with Gasteiger partial charge in [0.05, 0.1) is 0 Å². The number of piperidine rings is 1. The molecule has 0 amide bonds. The van der Waals surface area contributed by atoms with E-state index in [1.165, 1.54) is 50.8 Å². The fraction of sp³-hybridized carbons (Fsp3) is 0.600. The molecule has 1 aliphatic heterocycles. The van der Waals surface area contributed by atoms with Crippen molar-refractivity contribution in [3.8, 4) is 0 Å². The van der Waals surface area contributed by atoms with Crippen molar-refractivity contribution in [2.24, 2.45) is 11.8 Å². The molecular weight excluding hydrogens is 254 g/mol. The maximum Gasteiger partial charge on any atom is 0.0177 e. The first-order chi connectivity index (χ1) is 10.2. The Morgan fingerprint density at radius 1 is 1.10 bits per heavy atom. The molecule has 1 saturated heterocycles. The maximum absolute atomic E-state index is 2.71. The van der Waals surface area contributed by atoms with Gasteiger partial charge in [-0.1, -0.05) is 49.8 Å². The van der Waals surface area contributed by atoms with Crippen molar-refractivity contribution in [3.63, 3.8) is 0 Å². The normalized spacial score (nSPS) is 19.8. The van der Waals surface area contributed by atoms with Crippen LogP contribution in [0.15, 0.2) is 41.6 Å². The van der Waals surface area contributed by atoms with Crippen LogP contribution in [0.1, 0.15) is 51.5 Å². The van der Waals surface area contributed by atoms with Crippen molar-refractivity contribution in [3.05, 3.63) is 47.2 Å².